The van der Waals surface area contributed by atoms with E-state index in [9.17, 15) is 9.59 Å². The molecule has 0 aliphatic carbocycles. The first-order valence-electron chi connectivity index (χ1n) is 6.65. The lowest BCUT2D eigenvalue weighted by molar-refractivity contribution is -0.119. The molecule has 1 atom stereocenters. The zero-order valence-electron chi connectivity index (χ0n) is 11.4. The van der Waals surface area contributed by atoms with Crippen LogP contribution in [0.3, 0.4) is 0 Å². The number of para-hydroxylation sites is 1. The van der Waals surface area contributed by atoms with Crippen LogP contribution in [0.5, 0.6) is 0 Å². The number of rotatable bonds is 2. The second kappa shape index (κ2) is 5.63. The van der Waals surface area contributed by atoms with Crippen LogP contribution in [0.15, 0.2) is 42.5 Å². The van der Waals surface area contributed by atoms with Crippen molar-refractivity contribution in [1.82, 2.24) is 0 Å². The predicted octanol–water partition coefficient (Wildman–Crippen LogP) is 3.05. The molecule has 0 saturated heterocycles. The molecule has 2 aromatic rings. The molecule has 2 aromatic carbocycles. The van der Waals surface area contributed by atoms with Gasteiger partial charge in [-0.3, -0.25) is 14.5 Å². The molecular formula is C16H12Cl2N2O2. The van der Waals surface area contributed by atoms with E-state index in [-0.39, 0.29) is 16.5 Å². The van der Waals surface area contributed by atoms with Crippen molar-refractivity contribution in [3.8, 4) is 0 Å². The predicted molar refractivity (Wildman–Crippen MR) is 86.4 cm³/mol. The molecule has 6 heteroatoms. The summed E-state index contributed by atoms with van der Waals surface area (Å²) in [6, 6.07) is 11.2. The largest absolute Gasteiger partial charge is 0.368 e. The van der Waals surface area contributed by atoms with Crippen LogP contribution in [0.25, 0.3) is 0 Å². The van der Waals surface area contributed by atoms with Crippen LogP contribution in [0, 0.1) is 0 Å². The number of nitrogens with zero attached hydrogens (tertiary/aromatic N) is 1. The Morgan fingerprint density at radius 3 is 2.59 bits per heavy atom. The van der Waals surface area contributed by atoms with Crippen molar-refractivity contribution in [2.24, 2.45) is 5.73 Å². The lowest BCUT2D eigenvalue weighted by Gasteiger charge is -2.24. The van der Waals surface area contributed by atoms with Crippen molar-refractivity contribution in [3.05, 3.63) is 63.6 Å². The Kier molecular flexibility index (Phi) is 3.81. The highest BCUT2D eigenvalue weighted by Gasteiger charge is 2.38. The maximum atomic E-state index is 12.9. The summed E-state index contributed by atoms with van der Waals surface area (Å²) in [6.45, 7) is 0. The van der Waals surface area contributed by atoms with Crippen molar-refractivity contribution >= 4 is 40.7 Å². The quantitative estimate of drug-likeness (QED) is 0.917. The molecule has 22 heavy (non-hydrogen) atoms. The standard InChI is InChI=1S/C16H12Cl2N2O2/c17-10-5-6-12(18)11(8-10)16(22)20-13-4-2-1-3-9(13)7-14(20)15(19)21/h1-6,8,14H,7H2,(H2,19,21)/t14-/m1/s1. The monoisotopic (exact) mass is 334 g/mol. The molecule has 112 valence electrons. The lowest BCUT2D eigenvalue weighted by Crippen LogP contribution is -2.46. The molecule has 1 aliphatic rings. The number of carbonyl (C=O) groups is 2. The normalized spacial score (nSPS) is 16.5. The molecule has 0 unspecified atom stereocenters. The molecule has 1 aliphatic heterocycles. The summed E-state index contributed by atoms with van der Waals surface area (Å²) in [5.41, 5.74) is 7.28. The molecule has 0 spiro atoms. The van der Waals surface area contributed by atoms with E-state index in [4.69, 9.17) is 28.9 Å². The number of nitrogens with two attached hydrogens (primary N) is 1. The molecule has 0 bridgehead atoms. The molecule has 0 saturated carbocycles. The number of benzene rings is 2. The number of primary amides is 1. The molecule has 0 fully saturated rings. The van der Waals surface area contributed by atoms with Crippen molar-refractivity contribution in [1.29, 1.82) is 0 Å². The highest BCUT2D eigenvalue weighted by Crippen LogP contribution is 2.34. The summed E-state index contributed by atoms with van der Waals surface area (Å²) in [7, 11) is 0. The molecule has 1 heterocycles. The van der Waals surface area contributed by atoms with Gasteiger partial charge >= 0.3 is 0 Å². The van der Waals surface area contributed by atoms with E-state index in [2.05, 4.69) is 0 Å². The van der Waals surface area contributed by atoms with Gasteiger partial charge in [0, 0.05) is 17.1 Å². The van der Waals surface area contributed by atoms with Gasteiger partial charge in [-0.2, -0.15) is 0 Å². The zero-order chi connectivity index (χ0) is 15.9. The average Bonchev–Trinajstić information content (AvgIpc) is 2.88. The molecule has 0 radical (unpaired) electrons. The minimum Gasteiger partial charge on any atom is -0.368 e. The van der Waals surface area contributed by atoms with Gasteiger partial charge in [0.25, 0.3) is 5.91 Å². The maximum absolute atomic E-state index is 12.9. The summed E-state index contributed by atoms with van der Waals surface area (Å²) in [4.78, 5) is 26.0. The minimum absolute atomic E-state index is 0.247. The molecule has 3 rings (SSSR count). The Bertz CT molecular complexity index is 776. The third-order valence-corrected chi connectivity index (χ3v) is 4.25. The van der Waals surface area contributed by atoms with Gasteiger partial charge in [-0.1, -0.05) is 41.4 Å². The minimum atomic E-state index is -0.722. The topological polar surface area (TPSA) is 63.4 Å². The van der Waals surface area contributed by atoms with E-state index in [1.165, 1.54) is 11.0 Å². The molecule has 0 aromatic heterocycles. The molecule has 2 amide bonds. The fraction of sp³-hybridized carbons (Fsp3) is 0.125. The van der Waals surface area contributed by atoms with E-state index in [1.807, 2.05) is 18.2 Å². The SMILES string of the molecule is NC(=O)[C@H]1Cc2ccccc2N1C(=O)c1cc(Cl)ccc1Cl. The highest BCUT2D eigenvalue weighted by molar-refractivity contribution is 6.36. The Labute approximate surface area is 137 Å². The third kappa shape index (κ3) is 2.45. The zero-order valence-corrected chi connectivity index (χ0v) is 12.9. The summed E-state index contributed by atoms with van der Waals surface area (Å²) in [5.74, 6) is -0.941. The van der Waals surface area contributed by atoms with Gasteiger partial charge in [0.05, 0.1) is 10.6 Å². The first-order chi connectivity index (χ1) is 10.5. The van der Waals surface area contributed by atoms with E-state index >= 15 is 0 Å². The van der Waals surface area contributed by atoms with Crippen LogP contribution in [-0.4, -0.2) is 17.9 Å². The third-order valence-electron chi connectivity index (χ3n) is 3.68. The van der Waals surface area contributed by atoms with E-state index in [0.717, 1.165) is 5.56 Å². The second-order valence-electron chi connectivity index (χ2n) is 5.05. The first-order valence-corrected chi connectivity index (χ1v) is 7.40. The lowest BCUT2D eigenvalue weighted by atomic mass is 10.1. The number of fused-ring (bicyclic) bond motifs is 1. The van der Waals surface area contributed by atoms with Crippen molar-refractivity contribution in [3.63, 3.8) is 0 Å². The van der Waals surface area contributed by atoms with Crippen molar-refractivity contribution in [2.75, 3.05) is 4.90 Å². The van der Waals surface area contributed by atoms with Gasteiger partial charge in [0.15, 0.2) is 0 Å². The number of hydrogen-bond acceptors (Lipinski definition) is 2. The van der Waals surface area contributed by atoms with Crippen LogP contribution in [0.2, 0.25) is 10.0 Å². The summed E-state index contributed by atoms with van der Waals surface area (Å²) < 4.78 is 0. The Hall–Kier alpha value is -2.04. The van der Waals surface area contributed by atoms with Gasteiger partial charge < -0.3 is 5.73 Å². The van der Waals surface area contributed by atoms with Gasteiger partial charge in [0.2, 0.25) is 5.91 Å². The van der Waals surface area contributed by atoms with Crippen LogP contribution in [0.4, 0.5) is 5.69 Å². The van der Waals surface area contributed by atoms with Gasteiger partial charge in [0.1, 0.15) is 6.04 Å². The fourth-order valence-corrected chi connectivity index (χ4v) is 3.03. The fourth-order valence-electron chi connectivity index (χ4n) is 2.66. The smallest absolute Gasteiger partial charge is 0.260 e. The first kappa shape index (κ1) is 14.9. The van der Waals surface area contributed by atoms with Crippen molar-refractivity contribution < 1.29 is 9.59 Å². The number of amides is 2. The number of anilines is 1. The molecule has 4 nitrogen and oxygen atoms in total. The number of carbonyl (C=O) groups excluding carboxylic acids is 2. The molecule has 2 N–H and O–H groups in total. The maximum Gasteiger partial charge on any atom is 0.260 e. The van der Waals surface area contributed by atoms with Gasteiger partial charge in [-0.25, -0.2) is 0 Å². The Morgan fingerprint density at radius 2 is 1.86 bits per heavy atom. The summed E-state index contributed by atoms with van der Waals surface area (Å²) in [5, 5.41) is 0.679. The summed E-state index contributed by atoms with van der Waals surface area (Å²) >= 11 is 12.0. The summed E-state index contributed by atoms with van der Waals surface area (Å²) in [6.07, 6.45) is 0.398. The van der Waals surface area contributed by atoms with Crippen LogP contribution >= 0.6 is 23.2 Å². The van der Waals surface area contributed by atoms with E-state index < -0.39 is 11.9 Å². The Morgan fingerprint density at radius 1 is 1.14 bits per heavy atom. The van der Waals surface area contributed by atoms with Gasteiger partial charge in [-0.05, 0) is 29.8 Å². The van der Waals surface area contributed by atoms with E-state index in [1.54, 1.807) is 18.2 Å². The van der Waals surface area contributed by atoms with E-state index in [0.29, 0.717) is 17.1 Å². The van der Waals surface area contributed by atoms with Crippen LogP contribution in [0.1, 0.15) is 15.9 Å². The van der Waals surface area contributed by atoms with Crippen molar-refractivity contribution in [2.45, 2.75) is 12.5 Å². The van der Waals surface area contributed by atoms with Crippen LogP contribution < -0.4 is 10.6 Å². The number of halogens is 2. The number of hydrogen-bond donors (Lipinski definition) is 1. The highest BCUT2D eigenvalue weighted by atomic mass is 35.5. The van der Waals surface area contributed by atoms with Gasteiger partial charge in [-0.15, -0.1) is 0 Å². The second-order valence-corrected chi connectivity index (χ2v) is 5.89. The molecular weight excluding hydrogens is 323 g/mol. The average molecular weight is 335 g/mol. The van der Waals surface area contributed by atoms with Crippen LogP contribution in [-0.2, 0) is 11.2 Å². The Balaban J connectivity index is 2.09.